The molecule has 0 radical (unpaired) electrons. The first-order valence-electron chi connectivity index (χ1n) is 9.91. The van der Waals surface area contributed by atoms with Crippen LogP contribution in [0, 0.1) is 0 Å². The number of carbonyl (C=O) groups is 1. The van der Waals surface area contributed by atoms with E-state index in [4.69, 9.17) is 11.6 Å². The molecular formula is C23H22ClN5O. The van der Waals surface area contributed by atoms with Gasteiger partial charge in [0, 0.05) is 10.6 Å². The van der Waals surface area contributed by atoms with Gasteiger partial charge in [-0.05, 0) is 42.7 Å². The molecular weight excluding hydrogens is 398 g/mol. The van der Waals surface area contributed by atoms with Crippen LogP contribution >= 0.6 is 11.6 Å². The number of hydrogen-bond donors (Lipinski definition) is 1. The third kappa shape index (κ3) is 4.19. The van der Waals surface area contributed by atoms with Crippen LogP contribution in [0.1, 0.15) is 47.9 Å². The second kappa shape index (κ2) is 8.63. The topological polar surface area (TPSA) is 72.2 Å². The van der Waals surface area contributed by atoms with E-state index in [-0.39, 0.29) is 11.9 Å². The Labute approximate surface area is 179 Å². The van der Waals surface area contributed by atoms with Crippen molar-refractivity contribution in [2.75, 3.05) is 0 Å². The Balaban J connectivity index is 1.62. The predicted octanol–water partition coefficient (Wildman–Crippen LogP) is 4.89. The molecule has 0 spiro atoms. The zero-order valence-electron chi connectivity index (χ0n) is 16.8. The summed E-state index contributed by atoms with van der Waals surface area (Å²) in [6.07, 6.45) is 3.55. The fraction of sp³-hybridized carbons (Fsp3) is 0.217. The second-order valence-corrected chi connectivity index (χ2v) is 7.63. The number of rotatable bonds is 6. The number of nitrogens with zero attached hydrogens (tertiary/aromatic N) is 4. The summed E-state index contributed by atoms with van der Waals surface area (Å²) in [6, 6.07) is 17.2. The summed E-state index contributed by atoms with van der Waals surface area (Å²) in [5, 5.41) is 7.86. The lowest BCUT2D eigenvalue weighted by molar-refractivity contribution is 0.0932. The fourth-order valence-electron chi connectivity index (χ4n) is 3.36. The smallest absolute Gasteiger partial charge is 0.270 e. The highest BCUT2D eigenvalue weighted by Crippen LogP contribution is 2.22. The van der Waals surface area contributed by atoms with Crippen molar-refractivity contribution in [1.29, 1.82) is 0 Å². The van der Waals surface area contributed by atoms with Crippen molar-refractivity contribution in [3.05, 3.63) is 82.8 Å². The maximum Gasteiger partial charge on any atom is 0.270 e. The van der Waals surface area contributed by atoms with Crippen molar-refractivity contribution < 1.29 is 4.79 Å². The van der Waals surface area contributed by atoms with E-state index in [1.54, 1.807) is 18.2 Å². The van der Waals surface area contributed by atoms with Crippen LogP contribution in [0.3, 0.4) is 0 Å². The molecule has 30 heavy (non-hydrogen) atoms. The third-order valence-corrected chi connectivity index (χ3v) is 5.24. The van der Waals surface area contributed by atoms with Gasteiger partial charge in [0.1, 0.15) is 12.0 Å². The maximum atomic E-state index is 13.1. The van der Waals surface area contributed by atoms with E-state index in [1.165, 1.54) is 16.4 Å². The molecule has 7 heteroatoms. The Morgan fingerprint density at radius 3 is 2.57 bits per heavy atom. The number of halogens is 1. The van der Waals surface area contributed by atoms with E-state index in [2.05, 4.69) is 51.6 Å². The standard InChI is InChI=1S/C23H22ClN5O/c1-3-4-16-5-7-17(8-6-16)15(2)27-22(30)21-13-20(18-9-11-19(24)12-10-18)28-23-25-14-26-29(21)23/h5-15H,3-4H2,1-2H3,(H,27,30)/t15-/m0/s1. The first-order chi connectivity index (χ1) is 14.5. The molecule has 4 rings (SSSR count). The minimum absolute atomic E-state index is 0.154. The average Bonchev–Trinajstić information content (AvgIpc) is 3.23. The Morgan fingerprint density at radius 2 is 1.87 bits per heavy atom. The molecule has 2 aromatic heterocycles. The summed E-state index contributed by atoms with van der Waals surface area (Å²) < 4.78 is 1.45. The third-order valence-electron chi connectivity index (χ3n) is 4.99. The van der Waals surface area contributed by atoms with Gasteiger partial charge in [0.05, 0.1) is 11.7 Å². The molecule has 0 fully saturated rings. The van der Waals surface area contributed by atoms with E-state index >= 15 is 0 Å². The van der Waals surface area contributed by atoms with Gasteiger partial charge in [0.2, 0.25) is 0 Å². The number of amides is 1. The van der Waals surface area contributed by atoms with Crippen LogP contribution < -0.4 is 5.32 Å². The van der Waals surface area contributed by atoms with Gasteiger partial charge in [0.25, 0.3) is 11.7 Å². The molecule has 6 nitrogen and oxygen atoms in total. The van der Waals surface area contributed by atoms with Crippen LogP contribution in [0.15, 0.2) is 60.9 Å². The Hall–Kier alpha value is -3.25. The minimum atomic E-state index is -0.242. The van der Waals surface area contributed by atoms with E-state index in [0.29, 0.717) is 22.2 Å². The van der Waals surface area contributed by atoms with Gasteiger partial charge in [0.15, 0.2) is 0 Å². The molecule has 2 aromatic carbocycles. The number of carbonyl (C=O) groups excluding carboxylic acids is 1. The highest BCUT2D eigenvalue weighted by Gasteiger charge is 2.18. The second-order valence-electron chi connectivity index (χ2n) is 7.19. The van der Waals surface area contributed by atoms with Gasteiger partial charge in [-0.1, -0.05) is 61.3 Å². The molecule has 152 valence electrons. The predicted molar refractivity (Wildman–Crippen MR) is 118 cm³/mol. The normalized spacial score (nSPS) is 12.1. The molecule has 0 aliphatic heterocycles. The Bertz CT molecular complexity index is 1170. The van der Waals surface area contributed by atoms with Crippen LogP contribution in [0.5, 0.6) is 0 Å². The molecule has 0 saturated heterocycles. The number of aryl methyl sites for hydroxylation is 1. The average molecular weight is 420 g/mol. The van der Waals surface area contributed by atoms with Crippen LogP contribution in [0.4, 0.5) is 0 Å². The van der Waals surface area contributed by atoms with E-state index < -0.39 is 0 Å². The number of fused-ring (bicyclic) bond motifs is 1. The molecule has 1 N–H and O–H groups in total. The highest BCUT2D eigenvalue weighted by atomic mass is 35.5. The van der Waals surface area contributed by atoms with Gasteiger partial charge < -0.3 is 5.32 Å². The van der Waals surface area contributed by atoms with Crippen molar-refractivity contribution in [3.63, 3.8) is 0 Å². The molecule has 1 atom stereocenters. The zero-order chi connectivity index (χ0) is 21.1. The maximum absolute atomic E-state index is 13.1. The molecule has 1 amide bonds. The van der Waals surface area contributed by atoms with Crippen LogP contribution in [0.25, 0.3) is 17.0 Å². The molecule has 0 bridgehead atoms. The minimum Gasteiger partial charge on any atom is -0.344 e. The number of nitrogens with one attached hydrogen (secondary N) is 1. The van der Waals surface area contributed by atoms with Crippen molar-refractivity contribution in [1.82, 2.24) is 24.9 Å². The fourth-order valence-corrected chi connectivity index (χ4v) is 3.48. The number of aromatic nitrogens is 4. The van der Waals surface area contributed by atoms with E-state index in [9.17, 15) is 4.79 Å². The lowest BCUT2D eigenvalue weighted by Crippen LogP contribution is -2.28. The van der Waals surface area contributed by atoms with Gasteiger partial charge in [-0.15, -0.1) is 0 Å². The van der Waals surface area contributed by atoms with Crippen LogP contribution in [-0.2, 0) is 6.42 Å². The van der Waals surface area contributed by atoms with Crippen LogP contribution in [0.2, 0.25) is 5.02 Å². The monoisotopic (exact) mass is 419 g/mol. The zero-order valence-corrected chi connectivity index (χ0v) is 17.6. The number of hydrogen-bond acceptors (Lipinski definition) is 4. The molecule has 4 aromatic rings. The first kappa shape index (κ1) is 20.0. The highest BCUT2D eigenvalue weighted by molar-refractivity contribution is 6.30. The van der Waals surface area contributed by atoms with Gasteiger partial charge in [-0.3, -0.25) is 4.79 Å². The van der Waals surface area contributed by atoms with Gasteiger partial charge in [-0.2, -0.15) is 14.6 Å². The Morgan fingerprint density at radius 1 is 1.13 bits per heavy atom. The summed E-state index contributed by atoms with van der Waals surface area (Å²) in [5.41, 5.74) is 4.19. The van der Waals surface area contributed by atoms with E-state index in [0.717, 1.165) is 24.0 Å². The number of benzene rings is 2. The molecule has 2 heterocycles. The Kier molecular flexibility index (Phi) is 5.77. The summed E-state index contributed by atoms with van der Waals surface area (Å²) in [4.78, 5) is 21.8. The SMILES string of the molecule is CCCc1ccc([C@H](C)NC(=O)c2cc(-c3ccc(Cl)cc3)nc3ncnn23)cc1. The first-order valence-corrected chi connectivity index (χ1v) is 10.3. The summed E-state index contributed by atoms with van der Waals surface area (Å²) in [6.45, 7) is 4.13. The molecule has 0 unspecified atom stereocenters. The van der Waals surface area contributed by atoms with Crippen molar-refractivity contribution in [2.45, 2.75) is 32.7 Å². The molecule has 0 aliphatic rings. The summed E-state index contributed by atoms with van der Waals surface area (Å²) in [5.74, 6) is 0.123. The quantitative estimate of drug-likeness (QED) is 0.483. The molecule has 0 aliphatic carbocycles. The van der Waals surface area contributed by atoms with Gasteiger partial charge >= 0.3 is 0 Å². The lowest BCUT2D eigenvalue weighted by Gasteiger charge is -2.15. The van der Waals surface area contributed by atoms with Crippen molar-refractivity contribution in [2.24, 2.45) is 0 Å². The lowest BCUT2D eigenvalue weighted by atomic mass is 10.0. The molecule has 0 saturated carbocycles. The van der Waals surface area contributed by atoms with Gasteiger partial charge in [-0.25, -0.2) is 4.98 Å². The van der Waals surface area contributed by atoms with E-state index in [1.807, 2.05) is 19.1 Å². The largest absolute Gasteiger partial charge is 0.344 e. The van der Waals surface area contributed by atoms with Crippen LogP contribution in [-0.4, -0.2) is 25.5 Å². The van der Waals surface area contributed by atoms with Crippen molar-refractivity contribution >= 4 is 23.3 Å². The summed E-state index contributed by atoms with van der Waals surface area (Å²) >= 11 is 5.99. The van der Waals surface area contributed by atoms with Crippen molar-refractivity contribution in [3.8, 4) is 11.3 Å². The summed E-state index contributed by atoms with van der Waals surface area (Å²) in [7, 11) is 0.